The maximum Gasteiger partial charge on any atom is 0.283 e. The predicted molar refractivity (Wildman–Crippen MR) is 101 cm³/mol. The van der Waals surface area contributed by atoms with E-state index in [1.807, 2.05) is 0 Å². The van der Waals surface area contributed by atoms with Gasteiger partial charge < -0.3 is 8.83 Å². The molecule has 0 saturated carbocycles. The molecule has 2 aromatic carbocycles. The summed E-state index contributed by atoms with van der Waals surface area (Å²) in [6, 6.07) is 14.4. The number of nitrogens with one attached hydrogen (secondary N) is 1. The lowest BCUT2D eigenvalue weighted by Crippen LogP contribution is -2.13. The number of sulfonamides is 1. The third-order valence-corrected chi connectivity index (χ3v) is 5.26. The van der Waals surface area contributed by atoms with Gasteiger partial charge in [-0.2, -0.15) is 0 Å². The number of nitro benzene ring substituents is 1. The maximum absolute atomic E-state index is 12.5. The SMILES string of the molecule is O=[N+]([O-])c1cccc(S(=O)(=O)Nc2ccc(-c3nnc(-c4ccco4)o3)cc2)c1. The second-order valence-corrected chi connectivity index (χ2v) is 7.51. The normalized spacial score (nSPS) is 11.3. The molecule has 29 heavy (non-hydrogen) atoms. The molecular weight excluding hydrogens is 400 g/mol. The van der Waals surface area contributed by atoms with E-state index in [2.05, 4.69) is 14.9 Å². The zero-order valence-corrected chi connectivity index (χ0v) is 15.4. The number of hydrogen-bond acceptors (Lipinski definition) is 8. The molecule has 4 rings (SSSR count). The molecule has 0 atom stereocenters. The number of aromatic nitrogens is 2. The van der Waals surface area contributed by atoms with Crippen LogP contribution in [0.2, 0.25) is 0 Å². The van der Waals surface area contributed by atoms with Crippen LogP contribution in [0.5, 0.6) is 0 Å². The molecule has 0 aliphatic rings. The van der Waals surface area contributed by atoms with Crippen LogP contribution in [-0.2, 0) is 10.0 Å². The van der Waals surface area contributed by atoms with Gasteiger partial charge in [-0.1, -0.05) is 6.07 Å². The molecule has 1 N–H and O–H groups in total. The van der Waals surface area contributed by atoms with Crippen molar-refractivity contribution in [3.63, 3.8) is 0 Å². The van der Waals surface area contributed by atoms with Crippen molar-refractivity contribution in [2.24, 2.45) is 0 Å². The van der Waals surface area contributed by atoms with Gasteiger partial charge in [0.2, 0.25) is 5.89 Å². The van der Waals surface area contributed by atoms with Crippen LogP contribution in [0, 0.1) is 10.1 Å². The molecule has 146 valence electrons. The van der Waals surface area contributed by atoms with Gasteiger partial charge in [0.15, 0.2) is 5.76 Å². The van der Waals surface area contributed by atoms with E-state index in [0.29, 0.717) is 11.3 Å². The maximum atomic E-state index is 12.5. The van der Waals surface area contributed by atoms with Gasteiger partial charge in [-0.15, -0.1) is 10.2 Å². The topological polar surface area (TPSA) is 141 Å². The van der Waals surface area contributed by atoms with Crippen LogP contribution in [0.3, 0.4) is 0 Å². The largest absolute Gasteiger partial charge is 0.459 e. The Morgan fingerprint density at radius 3 is 2.41 bits per heavy atom. The molecule has 0 fully saturated rings. The summed E-state index contributed by atoms with van der Waals surface area (Å²) in [6.45, 7) is 0. The Kier molecular flexibility index (Phi) is 4.56. The minimum atomic E-state index is -3.99. The van der Waals surface area contributed by atoms with E-state index in [1.54, 1.807) is 24.3 Å². The van der Waals surface area contributed by atoms with Gasteiger partial charge in [0.25, 0.3) is 21.6 Å². The first-order chi connectivity index (χ1) is 13.9. The summed E-state index contributed by atoms with van der Waals surface area (Å²) in [5, 5.41) is 18.7. The molecule has 0 aliphatic heterocycles. The number of non-ortho nitro benzene ring substituents is 1. The Balaban J connectivity index is 1.54. The first-order valence-corrected chi connectivity index (χ1v) is 9.66. The number of furan rings is 1. The van der Waals surface area contributed by atoms with E-state index >= 15 is 0 Å². The Morgan fingerprint density at radius 1 is 0.966 bits per heavy atom. The second kappa shape index (κ2) is 7.20. The highest BCUT2D eigenvalue weighted by atomic mass is 32.2. The summed E-state index contributed by atoms with van der Waals surface area (Å²) in [6.07, 6.45) is 1.49. The van der Waals surface area contributed by atoms with Crippen molar-refractivity contribution in [2.75, 3.05) is 4.72 Å². The van der Waals surface area contributed by atoms with E-state index in [1.165, 1.54) is 36.6 Å². The van der Waals surface area contributed by atoms with Crippen LogP contribution >= 0.6 is 0 Å². The van der Waals surface area contributed by atoms with E-state index in [9.17, 15) is 18.5 Å². The van der Waals surface area contributed by atoms with E-state index in [-0.39, 0.29) is 28.1 Å². The standard InChI is InChI=1S/C18H12N4O6S/c23-22(24)14-3-1-4-15(11-14)29(25,26)21-13-8-6-12(7-9-13)17-19-20-18(28-17)16-5-2-10-27-16/h1-11,21H. The van der Waals surface area contributed by atoms with Crippen molar-refractivity contribution in [2.45, 2.75) is 4.90 Å². The van der Waals surface area contributed by atoms with Crippen molar-refractivity contribution in [1.29, 1.82) is 0 Å². The minimum Gasteiger partial charge on any atom is -0.459 e. The zero-order valence-electron chi connectivity index (χ0n) is 14.6. The molecule has 4 aromatic rings. The number of hydrogen-bond donors (Lipinski definition) is 1. The lowest BCUT2D eigenvalue weighted by Gasteiger charge is -2.08. The van der Waals surface area contributed by atoms with E-state index < -0.39 is 14.9 Å². The summed E-state index contributed by atoms with van der Waals surface area (Å²) < 4.78 is 38.1. The van der Waals surface area contributed by atoms with Gasteiger partial charge in [0.1, 0.15) is 0 Å². The summed E-state index contributed by atoms with van der Waals surface area (Å²) in [7, 11) is -3.99. The van der Waals surface area contributed by atoms with Gasteiger partial charge in [-0.25, -0.2) is 8.42 Å². The van der Waals surface area contributed by atoms with E-state index in [0.717, 1.165) is 6.07 Å². The second-order valence-electron chi connectivity index (χ2n) is 5.83. The molecule has 10 nitrogen and oxygen atoms in total. The Hall–Kier alpha value is -3.99. The first kappa shape index (κ1) is 18.4. The molecule has 11 heteroatoms. The van der Waals surface area contributed by atoms with Crippen LogP contribution in [-0.4, -0.2) is 23.5 Å². The molecule has 0 saturated heterocycles. The summed E-state index contributed by atoms with van der Waals surface area (Å²) in [5.74, 6) is 0.898. The Bertz CT molecular complexity index is 1260. The summed E-state index contributed by atoms with van der Waals surface area (Å²) in [5.41, 5.74) is 0.534. The van der Waals surface area contributed by atoms with Crippen LogP contribution in [0.25, 0.3) is 23.1 Å². The number of nitrogens with zero attached hydrogens (tertiary/aromatic N) is 3. The average molecular weight is 412 g/mol. The Labute approximate surface area is 164 Å². The fourth-order valence-electron chi connectivity index (χ4n) is 2.50. The number of rotatable bonds is 6. The monoisotopic (exact) mass is 412 g/mol. The minimum absolute atomic E-state index is 0.212. The third-order valence-electron chi connectivity index (χ3n) is 3.88. The smallest absolute Gasteiger partial charge is 0.283 e. The van der Waals surface area contributed by atoms with Crippen molar-refractivity contribution >= 4 is 21.4 Å². The van der Waals surface area contributed by atoms with Gasteiger partial charge in [-0.3, -0.25) is 14.8 Å². The number of benzene rings is 2. The van der Waals surface area contributed by atoms with Crippen LogP contribution in [0.4, 0.5) is 11.4 Å². The average Bonchev–Trinajstić information content (AvgIpc) is 3.40. The lowest BCUT2D eigenvalue weighted by molar-refractivity contribution is -0.385. The molecule has 0 unspecified atom stereocenters. The van der Waals surface area contributed by atoms with Gasteiger partial charge in [0.05, 0.1) is 16.1 Å². The van der Waals surface area contributed by atoms with Crippen molar-refractivity contribution < 1.29 is 22.2 Å². The Morgan fingerprint density at radius 2 is 1.72 bits per heavy atom. The highest BCUT2D eigenvalue weighted by Gasteiger charge is 2.18. The van der Waals surface area contributed by atoms with Crippen LogP contribution in [0.15, 0.2) is 80.7 Å². The summed E-state index contributed by atoms with van der Waals surface area (Å²) >= 11 is 0. The zero-order chi connectivity index (χ0) is 20.4. The first-order valence-electron chi connectivity index (χ1n) is 8.17. The summed E-state index contributed by atoms with van der Waals surface area (Å²) in [4.78, 5) is 9.98. The molecule has 0 spiro atoms. The molecule has 2 heterocycles. The highest BCUT2D eigenvalue weighted by Crippen LogP contribution is 2.26. The lowest BCUT2D eigenvalue weighted by atomic mass is 10.2. The van der Waals surface area contributed by atoms with Gasteiger partial charge in [-0.05, 0) is 42.5 Å². The fourth-order valence-corrected chi connectivity index (χ4v) is 3.60. The predicted octanol–water partition coefficient (Wildman–Crippen LogP) is 3.71. The van der Waals surface area contributed by atoms with Crippen molar-refractivity contribution in [3.8, 4) is 23.1 Å². The quantitative estimate of drug-likeness (QED) is 0.373. The molecule has 0 radical (unpaired) electrons. The molecule has 0 aliphatic carbocycles. The van der Waals surface area contributed by atoms with Crippen molar-refractivity contribution in [3.05, 3.63) is 77.0 Å². The fraction of sp³-hybridized carbons (Fsp3) is 0. The number of nitro groups is 1. The van der Waals surface area contributed by atoms with Gasteiger partial charge in [0, 0.05) is 23.4 Å². The van der Waals surface area contributed by atoms with E-state index in [4.69, 9.17) is 8.83 Å². The molecule has 0 bridgehead atoms. The number of anilines is 1. The molecular formula is C18H12N4O6S. The van der Waals surface area contributed by atoms with Gasteiger partial charge >= 0.3 is 0 Å². The van der Waals surface area contributed by atoms with Crippen LogP contribution < -0.4 is 4.72 Å². The van der Waals surface area contributed by atoms with Crippen LogP contribution in [0.1, 0.15) is 0 Å². The molecule has 2 aromatic heterocycles. The van der Waals surface area contributed by atoms with Crippen molar-refractivity contribution in [1.82, 2.24) is 10.2 Å². The molecule has 0 amide bonds. The highest BCUT2D eigenvalue weighted by molar-refractivity contribution is 7.92. The third kappa shape index (κ3) is 3.84.